The topological polar surface area (TPSA) is 12.0 Å². The molecule has 1 atom stereocenters. The van der Waals surface area contributed by atoms with Crippen LogP contribution in [0.2, 0.25) is 10.0 Å². The molecule has 1 nitrogen and oxygen atoms in total. The molecule has 0 aromatic heterocycles. The van der Waals surface area contributed by atoms with E-state index >= 15 is 0 Å². The van der Waals surface area contributed by atoms with Gasteiger partial charge in [0.2, 0.25) is 0 Å². The average molecular weight is 241 g/mol. The summed E-state index contributed by atoms with van der Waals surface area (Å²) in [5.41, 5.74) is 1.11. The van der Waals surface area contributed by atoms with Gasteiger partial charge in [-0.3, -0.25) is 0 Å². The smallest absolute Gasteiger partial charge is 0.0424 e. The summed E-state index contributed by atoms with van der Waals surface area (Å²) in [6.45, 7) is 2.06. The predicted octanol–water partition coefficient (Wildman–Crippen LogP) is 3.70. The summed E-state index contributed by atoms with van der Waals surface area (Å²) >= 11 is 11.7. The molecule has 0 radical (unpaired) electrons. The summed E-state index contributed by atoms with van der Waals surface area (Å²) in [7, 11) is 1.90. The van der Waals surface area contributed by atoms with Gasteiger partial charge in [-0.25, -0.2) is 0 Å². The SMILES string of the molecule is CNC(C)c1cc(Cl)cc(Cl)c1.Cl. The first-order valence-corrected chi connectivity index (χ1v) is 4.52. The van der Waals surface area contributed by atoms with E-state index in [0.29, 0.717) is 10.0 Å². The van der Waals surface area contributed by atoms with E-state index in [9.17, 15) is 0 Å². The molecule has 0 bridgehead atoms. The van der Waals surface area contributed by atoms with E-state index in [1.807, 2.05) is 19.2 Å². The highest BCUT2D eigenvalue weighted by Crippen LogP contribution is 2.22. The largest absolute Gasteiger partial charge is 0.313 e. The quantitative estimate of drug-likeness (QED) is 0.831. The van der Waals surface area contributed by atoms with Gasteiger partial charge in [0.1, 0.15) is 0 Å². The maximum Gasteiger partial charge on any atom is 0.0424 e. The van der Waals surface area contributed by atoms with Crippen molar-refractivity contribution in [3.05, 3.63) is 33.8 Å². The monoisotopic (exact) mass is 239 g/mol. The number of halogens is 3. The molecule has 0 spiro atoms. The lowest BCUT2D eigenvalue weighted by molar-refractivity contribution is 0.652. The molecule has 0 heterocycles. The third-order valence-electron chi connectivity index (χ3n) is 1.82. The average Bonchev–Trinajstić information content (AvgIpc) is 2.01. The van der Waals surface area contributed by atoms with Gasteiger partial charge in [-0.15, -0.1) is 12.4 Å². The highest BCUT2D eigenvalue weighted by atomic mass is 35.5. The van der Waals surface area contributed by atoms with E-state index in [4.69, 9.17) is 23.2 Å². The Labute approximate surface area is 94.8 Å². The van der Waals surface area contributed by atoms with Gasteiger partial charge in [-0.2, -0.15) is 0 Å². The van der Waals surface area contributed by atoms with Crippen molar-refractivity contribution in [2.75, 3.05) is 7.05 Å². The van der Waals surface area contributed by atoms with Crippen molar-refractivity contribution in [3.8, 4) is 0 Å². The Hall–Kier alpha value is 0.0500. The molecule has 0 aliphatic heterocycles. The molecule has 1 N–H and O–H groups in total. The van der Waals surface area contributed by atoms with E-state index < -0.39 is 0 Å². The zero-order valence-corrected chi connectivity index (χ0v) is 9.80. The van der Waals surface area contributed by atoms with Gasteiger partial charge in [0.25, 0.3) is 0 Å². The van der Waals surface area contributed by atoms with Crippen LogP contribution in [0.1, 0.15) is 18.5 Å². The fourth-order valence-electron chi connectivity index (χ4n) is 0.992. The minimum atomic E-state index is 0. The van der Waals surface area contributed by atoms with Gasteiger partial charge in [-0.05, 0) is 37.7 Å². The van der Waals surface area contributed by atoms with Crippen LogP contribution in [0, 0.1) is 0 Å². The fraction of sp³-hybridized carbons (Fsp3) is 0.333. The Bertz CT molecular complexity index is 255. The summed E-state index contributed by atoms with van der Waals surface area (Å²) < 4.78 is 0. The summed E-state index contributed by atoms with van der Waals surface area (Å²) in [4.78, 5) is 0. The van der Waals surface area contributed by atoms with E-state index in [2.05, 4.69) is 12.2 Å². The zero-order valence-electron chi connectivity index (χ0n) is 7.47. The van der Waals surface area contributed by atoms with Gasteiger partial charge in [0.15, 0.2) is 0 Å². The highest BCUT2D eigenvalue weighted by molar-refractivity contribution is 6.34. The maximum atomic E-state index is 5.84. The maximum absolute atomic E-state index is 5.84. The first-order valence-electron chi connectivity index (χ1n) is 3.76. The lowest BCUT2D eigenvalue weighted by atomic mass is 10.1. The Kier molecular flexibility index (Phi) is 5.73. The zero-order chi connectivity index (χ0) is 9.14. The predicted molar refractivity (Wildman–Crippen MR) is 61.2 cm³/mol. The second-order valence-electron chi connectivity index (χ2n) is 2.71. The molecule has 13 heavy (non-hydrogen) atoms. The third-order valence-corrected chi connectivity index (χ3v) is 2.25. The van der Waals surface area contributed by atoms with Crippen molar-refractivity contribution in [2.24, 2.45) is 0 Å². The molecular formula is C9H12Cl3N. The second-order valence-corrected chi connectivity index (χ2v) is 3.59. The molecular weight excluding hydrogens is 228 g/mol. The first kappa shape index (κ1) is 13.1. The summed E-state index contributed by atoms with van der Waals surface area (Å²) in [6.07, 6.45) is 0. The molecule has 74 valence electrons. The molecule has 1 aromatic rings. The minimum Gasteiger partial charge on any atom is -0.313 e. The van der Waals surface area contributed by atoms with E-state index in [1.165, 1.54) is 0 Å². The molecule has 0 amide bonds. The normalized spacial score (nSPS) is 12.0. The molecule has 0 aliphatic rings. The molecule has 1 rings (SSSR count). The van der Waals surface area contributed by atoms with Gasteiger partial charge in [-0.1, -0.05) is 23.2 Å². The van der Waals surface area contributed by atoms with Crippen LogP contribution in [-0.2, 0) is 0 Å². The number of hydrogen-bond acceptors (Lipinski definition) is 1. The summed E-state index contributed by atoms with van der Waals surface area (Å²) in [5.74, 6) is 0. The van der Waals surface area contributed by atoms with Crippen LogP contribution in [0.4, 0.5) is 0 Å². The molecule has 0 fully saturated rings. The van der Waals surface area contributed by atoms with Gasteiger partial charge >= 0.3 is 0 Å². The Morgan fingerprint density at radius 2 is 1.62 bits per heavy atom. The van der Waals surface area contributed by atoms with Crippen LogP contribution in [0.3, 0.4) is 0 Å². The molecule has 0 saturated carbocycles. The van der Waals surface area contributed by atoms with Gasteiger partial charge < -0.3 is 5.32 Å². The van der Waals surface area contributed by atoms with Gasteiger partial charge in [0, 0.05) is 16.1 Å². The van der Waals surface area contributed by atoms with E-state index in [-0.39, 0.29) is 18.4 Å². The Morgan fingerprint density at radius 3 is 2.00 bits per heavy atom. The highest BCUT2D eigenvalue weighted by Gasteiger charge is 2.03. The lowest BCUT2D eigenvalue weighted by Gasteiger charge is -2.10. The number of benzene rings is 1. The summed E-state index contributed by atoms with van der Waals surface area (Å²) in [5, 5.41) is 4.48. The van der Waals surface area contributed by atoms with Crippen LogP contribution in [0.5, 0.6) is 0 Å². The number of rotatable bonds is 2. The van der Waals surface area contributed by atoms with Crippen molar-refractivity contribution >= 4 is 35.6 Å². The van der Waals surface area contributed by atoms with Crippen LogP contribution in [0.15, 0.2) is 18.2 Å². The van der Waals surface area contributed by atoms with Crippen LogP contribution in [0.25, 0.3) is 0 Å². The van der Waals surface area contributed by atoms with Crippen LogP contribution >= 0.6 is 35.6 Å². The lowest BCUT2D eigenvalue weighted by Crippen LogP contribution is -2.12. The molecule has 1 aromatic carbocycles. The molecule has 0 saturated heterocycles. The Morgan fingerprint density at radius 1 is 1.15 bits per heavy atom. The van der Waals surface area contributed by atoms with Crippen LogP contribution in [-0.4, -0.2) is 7.05 Å². The van der Waals surface area contributed by atoms with Crippen molar-refractivity contribution in [2.45, 2.75) is 13.0 Å². The first-order chi connectivity index (χ1) is 5.63. The standard InChI is InChI=1S/C9H11Cl2N.ClH/c1-6(12-2)7-3-8(10)5-9(11)4-7;/h3-6,12H,1-2H3;1H. The fourth-order valence-corrected chi connectivity index (χ4v) is 1.53. The van der Waals surface area contributed by atoms with Gasteiger partial charge in [0.05, 0.1) is 0 Å². The minimum absolute atomic E-state index is 0. The molecule has 4 heteroatoms. The molecule has 0 aliphatic carbocycles. The van der Waals surface area contributed by atoms with Crippen molar-refractivity contribution < 1.29 is 0 Å². The number of hydrogen-bond donors (Lipinski definition) is 1. The third kappa shape index (κ3) is 3.74. The van der Waals surface area contributed by atoms with Crippen molar-refractivity contribution in [3.63, 3.8) is 0 Å². The molecule has 1 unspecified atom stereocenters. The second kappa shape index (κ2) is 5.71. The number of nitrogens with one attached hydrogen (secondary N) is 1. The van der Waals surface area contributed by atoms with Crippen molar-refractivity contribution in [1.82, 2.24) is 5.32 Å². The van der Waals surface area contributed by atoms with E-state index in [0.717, 1.165) is 5.56 Å². The van der Waals surface area contributed by atoms with Crippen LogP contribution < -0.4 is 5.32 Å². The van der Waals surface area contributed by atoms with Crippen molar-refractivity contribution in [1.29, 1.82) is 0 Å². The summed E-state index contributed by atoms with van der Waals surface area (Å²) in [6, 6.07) is 5.83. The van der Waals surface area contributed by atoms with E-state index in [1.54, 1.807) is 6.07 Å². The Balaban J connectivity index is 0.00000144.